The van der Waals surface area contributed by atoms with E-state index in [1.165, 1.54) is 12.7 Å². The topological polar surface area (TPSA) is 281 Å². The van der Waals surface area contributed by atoms with Crippen LogP contribution in [0.15, 0.2) is 156 Å². The van der Waals surface area contributed by atoms with Crippen molar-refractivity contribution in [2.75, 3.05) is 24.6 Å². The Labute approximate surface area is 545 Å². The van der Waals surface area contributed by atoms with Crippen molar-refractivity contribution in [2.24, 2.45) is 15.4 Å². The van der Waals surface area contributed by atoms with Gasteiger partial charge in [0.1, 0.15) is 64.9 Å². The van der Waals surface area contributed by atoms with Crippen LogP contribution in [0.25, 0.3) is 44.3 Å². The average molecular weight is 1140 g/mol. The van der Waals surface area contributed by atoms with Crippen LogP contribution in [0, 0.1) is 6.86 Å². The summed E-state index contributed by atoms with van der Waals surface area (Å²) in [4.78, 5) is 33.6. The molecule has 0 atom stereocenters. The van der Waals surface area contributed by atoms with Gasteiger partial charge in [-0.05, 0) is 134 Å². The number of benzene rings is 4. The van der Waals surface area contributed by atoms with Gasteiger partial charge < -0.3 is 54.1 Å². The molecule has 1 saturated heterocycles. The third-order valence-electron chi connectivity index (χ3n) is 14.0. The number of para-hydroxylation sites is 2. The van der Waals surface area contributed by atoms with E-state index in [4.69, 9.17) is 27.0 Å². The molecule has 9 aromatic rings. The van der Waals surface area contributed by atoms with Gasteiger partial charge in [0.25, 0.3) is 0 Å². The minimum atomic E-state index is -1.44. The van der Waals surface area contributed by atoms with E-state index in [-0.39, 0.29) is 121 Å². The molecule has 4 aromatic carbocycles. The van der Waals surface area contributed by atoms with E-state index in [2.05, 4.69) is 94.3 Å². The molecule has 4 aliphatic rings. The van der Waals surface area contributed by atoms with Gasteiger partial charge in [0.05, 0.1) is 47.9 Å². The molecule has 5 N–H and O–H groups in total. The van der Waals surface area contributed by atoms with E-state index in [1.807, 2.05) is 97.1 Å². The number of anilines is 2. The van der Waals surface area contributed by atoms with Crippen molar-refractivity contribution >= 4 is 46.4 Å². The molecule has 0 unspecified atom stereocenters. The molecule has 7 heterocycles. The predicted molar refractivity (Wildman–Crippen MR) is 286 cm³/mol. The summed E-state index contributed by atoms with van der Waals surface area (Å²) in [5, 5.41) is 34.3. The molecule has 5 aromatic heterocycles. The molecule has 2 saturated carbocycles. The Balaban J connectivity index is 0.000000174. The van der Waals surface area contributed by atoms with E-state index < -0.39 is 12.0 Å². The van der Waals surface area contributed by atoms with Gasteiger partial charge in [-0.15, -0.1) is 10.2 Å². The van der Waals surface area contributed by atoms with Crippen molar-refractivity contribution < 1.29 is 142 Å². The van der Waals surface area contributed by atoms with E-state index >= 15 is 0 Å². The first-order chi connectivity index (χ1) is 38.6. The number of aromatic nitrogens is 10. The number of carbonyl (C=O) groups excluding carboxylic acids is 1. The van der Waals surface area contributed by atoms with Crippen LogP contribution < -0.4 is 124 Å². The first-order valence-electron chi connectivity index (χ1n) is 25.7. The van der Waals surface area contributed by atoms with E-state index in [9.17, 15) is 14.3 Å². The number of tetrazole rings is 1. The summed E-state index contributed by atoms with van der Waals surface area (Å²) in [5.74, 6) is 4.12. The molecule has 1 spiro atoms. The number of rotatable bonds is 12. The molecule has 0 radical (unpaired) electrons. The van der Waals surface area contributed by atoms with Gasteiger partial charge in [0.15, 0.2) is 1.37 Å². The summed E-state index contributed by atoms with van der Waals surface area (Å²) in [7, 11) is 0. The molecule has 25 heteroatoms. The van der Waals surface area contributed by atoms with Gasteiger partial charge in [-0.3, -0.25) is 4.79 Å². The van der Waals surface area contributed by atoms with Gasteiger partial charge in [-0.2, -0.15) is 5.11 Å². The molecule has 2 aliphatic heterocycles. The smallest absolute Gasteiger partial charge is 0.457 e. The maximum atomic E-state index is 11.1. The molecular weight excluding hydrogens is 1080 g/mol. The van der Waals surface area contributed by atoms with Crippen LogP contribution in [0.1, 0.15) is 64.8 Å². The Morgan fingerprint density at radius 1 is 0.725 bits per heavy atom. The predicted octanol–water partition coefficient (Wildman–Crippen LogP) is 3.99. The van der Waals surface area contributed by atoms with E-state index in [1.54, 1.807) is 17.2 Å². The maximum Gasteiger partial charge on any atom is 1.00 e. The number of halogens is 1. The zero-order chi connectivity index (χ0) is 54.6. The number of aliphatic hydroxyl groups is 1. The van der Waals surface area contributed by atoms with Crippen molar-refractivity contribution in [2.45, 2.75) is 81.2 Å². The van der Waals surface area contributed by atoms with E-state index in [0.29, 0.717) is 43.6 Å². The van der Waals surface area contributed by atoms with Gasteiger partial charge in [0, 0.05) is 35.6 Å². The van der Waals surface area contributed by atoms with Crippen LogP contribution >= 0.6 is 0 Å². The normalized spacial score (nSPS) is 19.6. The summed E-state index contributed by atoms with van der Waals surface area (Å²) in [6.07, 6.45) is 16.4. The third-order valence-corrected chi connectivity index (χ3v) is 14.0. The Morgan fingerprint density at radius 2 is 1.21 bits per heavy atom. The van der Waals surface area contributed by atoms with Gasteiger partial charge in [0.2, 0.25) is 0 Å². The number of nitrogen functional groups attached to an aromatic ring is 2. The van der Waals surface area contributed by atoms with Crippen molar-refractivity contribution in [3.63, 3.8) is 0 Å². The maximum absolute atomic E-state index is 11.1. The minimum Gasteiger partial charge on any atom is -0.457 e. The molecule has 0 amide bonds. The van der Waals surface area contributed by atoms with Crippen molar-refractivity contribution in [1.82, 2.24) is 49.3 Å². The van der Waals surface area contributed by atoms with Gasteiger partial charge >= 0.3 is 109 Å². The molecule has 22 nitrogen and oxygen atoms in total. The van der Waals surface area contributed by atoms with Crippen LogP contribution in [0.4, 0.5) is 16.0 Å². The molecule has 80 heavy (non-hydrogen) atoms. The average Bonchev–Trinajstić information content (AvgIpc) is 4.29. The molecule has 2 aliphatic carbocycles. The van der Waals surface area contributed by atoms with Crippen LogP contribution in [0.5, 0.6) is 23.0 Å². The largest absolute Gasteiger partial charge is 1.00 e. The minimum absolute atomic E-state index is 0. The monoisotopic (exact) mass is 1140 g/mol. The molecular formula is C55H55FK2N15O7+. The molecule has 13 rings (SSSR count). The second-order valence-corrected chi connectivity index (χ2v) is 18.9. The van der Waals surface area contributed by atoms with Crippen LogP contribution in [0.2, 0.25) is 0 Å². The van der Waals surface area contributed by atoms with Gasteiger partial charge in [-0.25, -0.2) is 24.6 Å². The number of nitrogens with zero attached hydrogens (tertiary/aromatic N) is 13. The van der Waals surface area contributed by atoms with Crippen LogP contribution in [0.3, 0.4) is 0 Å². The van der Waals surface area contributed by atoms with Crippen molar-refractivity contribution in [3.05, 3.63) is 147 Å². The fourth-order valence-electron chi connectivity index (χ4n) is 10.0. The Hall–Kier alpha value is -5.79. The van der Waals surface area contributed by atoms with Crippen LogP contribution in [-0.2, 0) is 25.9 Å². The second kappa shape index (κ2) is 28.8. The standard InChI is InChI=1S/C26H26N8O2.C25H24N4O2.C2H2FO3.C2H3N3.2K/c27-24-23-22(18-6-8-21(9-7-18)36-20-4-2-1-3-5-20)14-34(25(23)29-16-28-24)19-10-12-26(35,13-11-19)15-33-17-30-31-32-33;26-23-22-21(17-6-8-20(9-7-17)31-19-4-2-1-3-5-19)14-29(24(22)28-16-27-23)18-10-12-25(13-11-18)15-30-25;3-1-5-6-2-4;1-2-4-5-3-1;;/h1-9,14,16-17,19,35H,10-13,15H2,(H2,27,28,29);1-9,14,16,18H,10-13,15H2,(H2,26,27,28);1-2H;1H,2H2;;/q;;-1;;2*+1/i;;2D;;;. The number of hydrogen-bond acceptors (Lipinski definition) is 19. The number of carbonyl (C=O) groups is 1. The summed E-state index contributed by atoms with van der Waals surface area (Å²) in [6.45, 7) is 1.63. The quantitative estimate of drug-likeness (QED) is 0.0389. The summed E-state index contributed by atoms with van der Waals surface area (Å²) >= 11 is 0. The Bertz CT molecular complexity index is 3500. The summed E-state index contributed by atoms with van der Waals surface area (Å²) in [5.41, 5.74) is 17.8. The number of epoxide rings is 1. The number of hydrogen-bond donors (Lipinski definition) is 3. The van der Waals surface area contributed by atoms with Crippen molar-refractivity contribution in [1.29, 1.82) is 0 Å². The number of nitrogens with two attached hydrogens (primary N) is 2. The number of fused-ring (bicyclic) bond motifs is 2. The van der Waals surface area contributed by atoms with Crippen LogP contribution in [-0.4, -0.2) is 91.4 Å². The fourth-order valence-corrected chi connectivity index (χ4v) is 10.0. The second-order valence-electron chi connectivity index (χ2n) is 18.9. The zero-order valence-electron chi connectivity index (χ0n) is 45.1. The van der Waals surface area contributed by atoms with Crippen molar-refractivity contribution in [3.8, 4) is 45.3 Å². The van der Waals surface area contributed by atoms with Gasteiger partial charge in [-0.1, -0.05) is 60.7 Å². The summed E-state index contributed by atoms with van der Waals surface area (Å²) < 4.78 is 40.2. The molecule has 400 valence electrons. The zero-order valence-corrected chi connectivity index (χ0v) is 50.4. The molecule has 0 bridgehead atoms. The number of ether oxygens (including phenoxy) is 3. The summed E-state index contributed by atoms with van der Waals surface area (Å²) in [6, 6.07) is 36.1. The Kier molecular flexibility index (Phi) is 21.2. The first-order valence-corrected chi connectivity index (χ1v) is 25.2. The third kappa shape index (κ3) is 15.2. The Morgan fingerprint density at radius 3 is 1.60 bits per heavy atom. The fraction of sp³-hybridized carbons (Fsp3) is 0.273. The molecule has 3 fully saturated rings. The SMILES string of the molecule is C1=NN=NC1.Nc1ncnc2c1c(-c1ccc(Oc3ccccc3)cc1)cn2C1CCC(O)(Cn2cnnn2)CC1.Nc1ncnc2c1c(-c1ccc(Oc3ccccc3)cc1)cn2C1CCC2(CC1)CO2.[2H]C(=O)OO[CH-]F.[K+].[K+]. The first kappa shape index (κ1) is 58.9. The van der Waals surface area contributed by atoms with E-state index in [0.717, 1.165) is 112 Å².